The molecule has 4 rings (SSSR count). The number of hydrogen-bond acceptors (Lipinski definition) is 5. The van der Waals surface area contributed by atoms with E-state index in [2.05, 4.69) is 10.1 Å². The summed E-state index contributed by atoms with van der Waals surface area (Å²) >= 11 is 0. The number of aryl methyl sites for hydroxylation is 1. The average Bonchev–Trinajstić information content (AvgIpc) is 3.25. The van der Waals surface area contributed by atoms with E-state index in [4.69, 9.17) is 4.74 Å². The van der Waals surface area contributed by atoms with Gasteiger partial charge in [0.25, 0.3) is 5.91 Å². The second-order valence-corrected chi connectivity index (χ2v) is 8.97. The Labute approximate surface area is 168 Å². The van der Waals surface area contributed by atoms with Gasteiger partial charge in [-0.05, 0) is 24.6 Å². The zero-order chi connectivity index (χ0) is 20.6. The molecule has 1 N–H and O–H groups in total. The van der Waals surface area contributed by atoms with E-state index < -0.39 is 10.0 Å². The van der Waals surface area contributed by atoms with Gasteiger partial charge in [0.15, 0.2) is 0 Å². The number of amides is 1. The molecule has 3 heterocycles. The standard InChI is InChI=1S/C19H23N5O4S/c1-22-13-16(12-20-22)29(26,27)24-7-3-6-23(8-9-24)19(25)18-10-14-4-5-15(28-2)11-17(14)21-18/h4-5,10-13,21H,3,6-9H2,1-2H3. The SMILES string of the molecule is COc1ccc2cc(C(=O)N3CCCN(S(=O)(=O)c4cnn(C)c4)CC3)[nH]c2c1. The third-order valence-electron chi connectivity index (χ3n) is 5.12. The first-order chi connectivity index (χ1) is 13.9. The third-order valence-corrected chi connectivity index (χ3v) is 6.97. The molecule has 1 aliphatic heterocycles. The summed E-state index contributed by atoms with van der Waals surface area (Å²) in [7, 11) is -0.342. The van der Waals surface area contributed by atoms with E-state index in [1.807, 2.05) is 24.3 Å². The van der Waals surface area contributed by atoms with Gasteiger partial charge in [-0.15, -0.1) is 0 Å². The number of carbonyl (C=O) groups is 1. The number of benzene rings is 1. The molecule has 9 nitrogen and oxygen atoms in total. The van der Waals surface area contributed by atoms with Gasteiger partial charge in [0.1, 0.15) is 16.3 Å². The summed E-state index contributed by atoms with van der Waals surface area (Å²) in [6.07, 6.45) is 3.41. The zero-order valence-corrected chi connectivity index (χ0v) is 17.1. The first-order valence-electron chi connectivity index (χ1n) is 9.33. The number of rotatable bonds is 4. The first kappa shape index (κ1) is 19.5. The Balaban J connectivity index is 1.50. The van der Waals surface area contributed by atoms with E-state index in [0.29, 0.717) is 37.5 Å². The Hall–Kier alpha value is -2.85. The largest absolute Gasteiger partial charge is 0.497 e. The van der Waals surface area contributed by atoms with Gasteiger partial charge in [-0.25, -0.2) is 8.42 Å². The molecule has 154 valence electrons. The van der Waals surface area contributed by atoms with Gasteiger partial charge in [0.2, 0.25) is 10.0 Å². The van der Waals surface area contributed by atoms with Crippen LogP contribution >= 0.6 is 0 Å². The van der Waals surface area contributed by atoms with E-state index in [9.17, 15) is 13.2 Å². The molecule has 0 unspecified atom stereocenters. The van der Waals surface area contributed by atoms with Crippen molar-refractivity contribution in [1.29, 1.82) is 0 Å². The number of nitrogens with one attached hydrogen (secondary N) is 1. The van der Waals surface area contributed by atoms with Crippen molar-refractivity contribution >= 4 is 26.8 Å². The molecule has 0 saturated carbocycles. The quantitative estimate of drug-likeness (QED) is 0.692. The predicted molar refractivity (Wildman–Crippen MR) is 107 cm³/mol. The Morgan fingerprint density at radius 2 is 2.00 bits per heavy atom. The van der Waals surface area contributed by atoms with Crippen LogP contribution in [0.25, 0.3) is 10.9 Å². The topological polar surface area (TPSA) is 101 Å². The minimum absolute atomic E-state index is 0.138. The molecule has 1 amide bonds. The minimum atomic E-state index is -3.62. The number of methoxy groups -OCH3 is 1. The molecule has 10 heteroatoms. The molecule has 1 saturated heterocycles. The molecule has 0 radical (unpaired) electrons. The highest BCUT2D eigenvalue weighted by Crippen LogP contribution is 2.23. The van der Waals surface area contributed by atoms with Crippen molar-refractivity contribution in [1.82, 2.24) is 24.0 Å². The van der Waals surface area contributed by atoms with Crippen molar-refractivity contribution in [3.05, 3.63) is 42.4 Å². The number of ether oxygens (including phenoxy) is 1. The van der Waals surface area contributed by atoms with Crippen LogP contribution < -0.4 is 4.74 Å². The highest BCUT2D eigenvalue weighted by Gasteiger charge is 2.29. The van der Waals surface area contributed by atoms with Crippen LogP contribution in [0.1, 0.15) is 16.9 Å². The molecular weight excluding hydrogens is 394 g/mol. The molecule has 2 aromatic heterocycles. The number of sulfonamides is 1. The predicted octanol–water partition coefficient (Wildman–Crippen LogP) is 1.45. The Kier molecular flexibility index (Phi) is 5.05. The summed E-state index contributed by atoms with van der Waals surface area (Å²) in [5.41, 5.74) is 1.31. The lowest BCUT2D eigenvalue weighted by molar-refractivity contribution is 0.0759. The summed E-state index contributed by atoms with van der Waals surface area (Å²) < 4.78 is 33.8. The fourth-order valence-electron chi connectivity index (χ4n) is 3.54. The van der Waals surface area contributed by atoms with Gasteiger partial charge in [-0.3, -0.25) is 9.48 Å². The lowest BCUT2D eigenvalue weighted by Gasteiger charge is -2.21. The van der Waals surface area contributed by atoms with E-state index >= 15 is 0 Å². The van der Waals surface area contributed by atoms with E-state index in [1.165, 1.54) is 21.4 Å². The first-order valence-corrected chi connectivity index (χ1v) is 10.8. The Morgan fingerprint density at radius 1 is 1.17 bits per heavy atom. The van der Waals surface area contributed by atoms with Crippen molar-refractivity contribution in [2.24, 2.45) is 7.05 Å². The average molecular weight is 417 g/mol. The summed E-state index contributed by atoms with van der Waals surface area (Å²) in [4.78, 5) is 18.0. The van der Waals surface area contributed by atoms with Gasteiger partial charge in [-0.2, -0.15) is 9.40 Å². The van der Waals surface area contributed by atoms with E-state index in [0.717, 1.165) is 10.9 Å². The Morgan fingerprint density at radius 3 is 2.72 bits per heavy atom. The highest BCUT2D eigenvalue weighted by atomic mass is 32.2. The molecule has 0 spiro atoms. The number of hydrogen-bond donors (Lipinski definition) is 1. The monoisotopic (exact) mass is 417 g/mol. The van der Waals surface area contributed by atoms with Gasteiger partial charge < -0.3 is 14.6 Å². The number of aromatic amines is 1. The number of aromatic nitrogens is 3. The molecule has 0 aliphatic carbocycles. The number of carbonyl (C=O) groups excluding carboxylic acids is 1. The maximum absolute atomic E-state index is 13.0. The second-order valence-electron chi connectivity index (χ2n) is 7.04. The molecule has 1 aromatic carbocycles. The normalized spacial score (nSPS) is 16.1. The van der Waals surface area contributed by atoms with E-state index in [1.54, 1.807) is 19.1 Å². The summed E-state index contributed by atoms with van der Waals surface area (Å²) in [6, 6.07) is 7.40. The fourth-order valence-corrected chi connectivity index (χ4v) is 4.99. The van der Waals surface area contributed by atoms with Crippen LogP contribution in [0.5, 0.6) is 5.75 Å². The lowest BCUT2D eigenvalue weighted by atomic mass is 10.2. The van der Waals surface area contributed by atoms with Crippen LogP contribution in [0, 0.1) is 0 Å². The lowest BCUT2D eigenvalue weighted by Crippen LogP contribution is -2.37. The molecule has 0 atom stereocenters. The van der Waals surface area contributed by atoms with Crippen LogP contribution in [-0.2, 0) is 17.1 Å². The number of fused-ring (bicyclic) bond motifs is 1. The molecule has 0 bridgehead atoms. The van der Waals surface area contributed by atoms with Crippen LogP contribution in [0.4, 0.5) is 0 Å². The van der Waals surface area contributed by atoms with Crippen molar-refractivity contribution in [2.45, 2.75) is 11.3 Å². The van der Waals surface area contributed by atoms with Gasteiger partial charge >= 0.3 is 0 Å². The molecule has 3 aromatic rings. The van der Waals surface area contributed by atoms with Gasteiger partial charge in [-0.1, -0.05) is 0 Å². The second kappa shape index (κ2) is 7.53. The van der Waals surface area contributed by atoms with Gasteiger partial charge in [0, 0.05) is 56.4 Å². The zero-order valence-electron chi connectivity index (χ0n) is 16.3. The van der Waals surface area contributed by atoms with Crippen molar-refractivity contribution < 1.29 is 17.9 Å². The molecule has 1 aliphatic rings. The summed E-state index contributed by atoms with van der Waals surface area (Å²) in [5.74, 6) is 0.574. The minimum Gasteiger partial charge on any atom is -0.497 e. The van der Waals surface area contributed by atoms with Crippen molar-refractivity contribution in [3.63, 3.8) is 0 Å². The number of H-pyrrole nitrogens is 1. The maximum atomic E-state index is 13.0. The third kappa shape index (κ3) is 3.73. The molecular formula is C19H23N5O4S. The number of nitrogens with zero attached hydrogens (tertiary/aromatic N) is 4. The van der Waals surface area contributed by atoms with Crippen LogP contribution in [0.15, 0.2) is 41.6 Å². The maximum Gasteiger partial charge on any atom is 0.270 e. The van der Waals surface area contributed by atoms with Crippen LogP contribution in [-0.4, -0.2) is 71.6 Å². The van der Waals surface area contributed by atoms with Gasteiger partial charge in [0.05, 0.1) is 13.3 Å². The van der Waals surface area contributed by atoms with E-state index in [-0.39, 0.29) is 17.3 Å². The Bertz CT molecular complexity index is 1150. The highest BCUT2D eigenvalue weighted by molar-refractivity contribution is 7.89. The fraction of sp³-hybridized carbons (Fsp3) is 0.368. The summed E-state index contributed by atoms with van der Waals surface area (Å²) in [6.45, 7) is 1.44. The van der Waals surface area contributed by atoms with Crippen LogP contribution in [0.3, 0.4) is 0 Å². The molecule has 1 fully saturated rings. The summed E-state index contributed by atoms with van der Waals surface area (Å²) in [5, 5.41) is 4.87. The molecule has 29 heavy (non-hydrogen) atoms. The van der Waals surface area contributed by atoms with Crippen molar-refractivity contribution in [2.75, 3.05) is 33.3 Å². The smallest absolute Gasteiger partial charge is 0.270 e. The van der Waals surface area contributed by atoms with Crippen molar-refractivity contribution in [3.8, 4) is 5.75 Å². The van der Waals surface area contributed by atoms with Crippen LogP contribution in [0.2, 0.25) is 0 Å².